The smallest absolute Gasteiger partial charge is 0.0834 e. The summed E-state index contributed by atoms with van der Waals surface area (Å²) < 4.78 is 0. The Morgan fingerprint density at radius 3 is 2.47 bits per heavy atom. The summed E-state index contributed by atoms with van der Waals surface area (Å²) in [6.07, 6.45) is 0.646. The van der Waals surface area contributed by atoms with Crippen LogP contribution in [0, 0.1) is 0 Å². The molecule has 0 fully saturated rings. The summed E-state index contributed by atoms with van der Waals surface area (Å²) in [5.41, 5.74) is 1.22. The Balaban J connectivity index is 2.43. The second-order valence-corrected chi connectivity index (χ2v) is 3.54. The molecule has 1 rings (SSSR count). The van der Waals surface area contributed by atoms with Gasteiger partial charge in [-0.1, -0.05) is 30.3 Å². The molecule has 0 heterocycles. The molecule has 15 heavy (non-hydrogen) atoms. The Morgan fingerprint density at radius 1 is 1.13 bits per heavy atom. The van der Waals surface area contributed by atoms with E-state index in [0.717, 1.165) is 13.1 Å². The maximum absolute atomic E-state index is 10.4. The van der Waals surface area contributed by atoms with Crippen molar-refractivity contribution >= 4 is 0 Å². The molecule has 3 nitrogen and oxygen atoms in total. The van der Waals surface area contributed by atoms with E-state index in [-0.39, 0.29) is 13.2 Å². The molecule has 0 amide bonds. The molecule has 0 aromatic heterocycles. The minimum Gasteiger partial charge on any atom is -0.395 e. The Bertz CT molecular complexity index is 251. The first-order valence-corrected chi connectivity index (χ1v) is 5.32. The monoisotopic (exact) mass is 208 g/mol. The average molecular weight is 208 g/mol. The van der Waals surface area contributed by atoms with Gasteiger partial charge in [-0.25, -0.2) is 5.11 Å². The molecule has 1 aromatic carbocycles. The first kappa shape index (κ1) is 12.2. The highest BCUT2D eigenvalue weighted by molar-refractivity contribution is 5.14. The van der Waals surface area contributed by atoms with Gasteiger partial charge in [0.2, 0.25) is 0 Å². The van der Waals surface area contributed by atoms with Crippen molar-refractivity contribution in [3.05, 3.63) is 35.9 Å². The van der Waals surface area contributed by atoms with Gasteiger partial charge in [-0.2, -0.15) is 0 Å². The van der Waals surface area contributed by atoms with Gasteiger partial charge in [0.15, 0.2) is 0 Å². The van der Waals surface area contributed by atoms with Crippen LogP contribution in [0.15, 0.2) is 30.3 Å². The second kappa shape index (κ2) is 7.40. The van der Waals surface area contributed by atoms with Gasteiger partial charge in [0.1, 0.15) is 0 Å². The first-order valence-electron chi connectivity index (χ1n) is 5.32. The normalized spacial score (nSPS) is 10.9. The molecule has 0 aliphatic carbocycles. The van der Waals surface area contributed by atoms with Crippen LogP contribution in [-0.2, 0) is 11.7 Å². The predicted molar refractivity (Wildman–Crippen MR) is 59.0 cm³/mol. The fourth-order valence-electron chi connectivity index (χ4n) is 1.54. The van der Waals surface area contributed by atoms with Crippen LogP contribution in [-0.4, -0.2) is 36.3 Å². The first-order chi connectivity index (χ1) is 7.36. The van der Waals surface area contributed by atoms with Crippen LogP contribution in [0.2, 0.25) is 0 Å². The zero-order valence-corrected chi connectivity index (χ0v) is 8.93. The van der Waals surface area contributed by atoms with Crippen LogP contribution in [0.4, 0.5) is 0 Å². The predicted octanol–water partition coefficient (Wildman–Crippen LogP) is 1.30. The summed E-state index contributed by atoms with van der Waals surface area (Å²) in [5.74, 6) is 0. The van der Waals surface area contributed by atoms with Crippen molar-refractivity contribution < 1.29 is 10.2 Å². The van der Waals surface area contributed by atoms with E-state index < -0.39 is 0 Å². The molecular weight excluding hydrogens is 190 g/mol. The van der Waals surface area contributed by atoms with E-state index in [1.807, 2.05) is 18.2 Å². The fourth-order valence-corrected chi connectivity index (χ4v) is 1.54. The van der Waals surface area contributed by atoms with E-state index in [2.05, 4.69) is 17.0 Å². The van der Waals surface area contributed by atoms with E-state index in [1.54, 1.807) is 0 Å². The molecule has 0 atom stereocenters. The van der Waals surface area contributed by atoms with Crippen molar-refractivity contribution in [1.29, 1.82) is 0 Å². The number of nitrogens with zero attached hydrogens (tertiary/aromatic N) is 1. The molecule has 0 aliphatic heterocycles. The lowest BCUT2D eigenvalue weighted by molar-refractivity contribution is 0.147. The zero-order chi connectivity index (χ0) is 10.9. The van der Waals surface area contributed by atoms with Gasteiger partial charge in [-0.3, -0.25) is 4.90 Å². The Kier molecular flexibility index (Phi) is 6.00. The molecule has 0 spiro atoms. The molecule has 3 heteroatoms. The summed E-state index contributed by atoms with van der Waals surface area (Å²) in [6, 6.07) is 10.1. The van der Waals surface area contributed by atoms with Crippen LogP contribution >= 0.6 is 0 Å². The molecule has 0 unspecified atom stereocenters. The molecule has 1 radical (unpaired) electrons. The second-order valence-electron chi connectivity index (χ2n) is 3.54. The molecule has 0 bridgehead atoms. The van der Waals surface area contributed by atoms with E-state index >= 15 is 0 Å². The third kappa shape index (κ3) is 4.93. The van der Waals surface area contributed by atoms with Crippen molar-refractivity contribution in [1.82, 2.24) is 4.90 Å². The lowest BCUT2D eigenvalue weighted by Gasteiger charge is -2.20. The highest BCUT2D eigenvalue weighted by atomic mass is 16.3. The summed E-state index contributed by atoms with van der Waals surface area (Å²) >= 11 is 0. The fraction of sp³-hybridized carbons (Fsp3) is 0.500. The molecular formula is C12H18NO2. The number of aliphatic hydroxyl groups is 1. The largest absolute Gasteiger partial charge is 0.395 e. The third-order valence-electron chi connectivity index (χ3n) is 2.28. The van der Waals surface area contributed by atoms with Crippen LogP contribution in [0.1, 0.15) is 12.0 Å². The highest BCUT2D eigenvalue weighted by Crippen LogP contribution is 2.04. The lowest BCUT2D eigenvalue weighted by Crippen LogP contribution is -2.28. The number of hydrogen-bond acceptors (Lipinski definition) is 2. The number of benzene rings is 1. The van der Waals surface area contributed by atoms with Crippen molar-refractivity contribution in [3.63, 3.8) is 0 Å². The summed E-state index contributed by atoms with van der Waals surface area (Å²) in [4.78, 5) is 2.10. The average Bonchev–Trinajstić information content (AvgIpc) is 2.28. The Hall–Kier alpha value is -0.900. The van der Waals surface area contributed by atoms with Gasteiger partial charge in [-0.05, 0) is 12.0 Å². The maximum atomic E-state index is 10.4. The van der Waals surface area contributed by atoms with Crippen LogP contribution in [0.25, 0.3) is 0 Å². The van der Waals surface area contributed by atoms with Crippen molar-refractivity contribution in [2.45, 2.75) is 13.0 Å². The zero-order valence-electron chi connectivity index (χ0n) is 8.93. The van der Waals surface area contributed by atoms with Crippen LogP contribution in [0.3, 0.4) is 0 Å². The van der Waals surface area contributed by atoms with E-state index in [4.69, 9.17) is 5.11 Å². The molecule has 0 saturated heterocycles. The van der Waals surface area contributed by atoms with Gasteiger partial charge >= 0.3 is 0 Å². The SMILES string of the molecule is [O]CCCN(CCO)Cc1ccccc1. The Labute approximate surface area is 91.0 Å². The van der Waals surface area contributed by atoms with Gasteiger partial charge in [0.25, 0.3) is 0 Å². The van der Waals surface area contributed by atoms with E-state index in [9.17, 15) is 5.11 Å². The highest BCUT2D eigenvalue weighted by Gasteiger charge is 2.04. The van der Waals surface area contributed by atoms with E-state index in [1.165, 1.54) is 5.56 Å². The topological polar surface area (TPSA) is 43.4 Å². The number of hydrogen-bond donors (Lipinski definition) is 1. The van der Waals surface area contributed by atoms with Crippen molar-refractivity contribution in [2.24, 2.45) is 0 Å². The molecule has 1 aromatic rings. The minimum atomic E-state index is -0.0449. The standard InChI is InChI=1S/C12H18NO2/c14-9-4-7-13(8-10-15)11-12-5-2-1-3-6-12/h1-3,5-6,15H,4,7-11H2. The van der Waals surface area contributed by atoms with Crippen molar-refractivity contribution in [3.8, 4) is 0 Å². The number of rotatable bonds is 7. The summed E-state index contributed by atoms with van der Waals surface area (Å²) in [6.45, 7) is 2.30. The number of aliphatic hydroxyl groups excluding tert-OH is 1. The molecule has 0 saturated carbocycles. The van der Waals surface area contributed by atoms with Gasteiger partial charge < -0.3 is 5.11 Å². The van der Waals surface area contributed by atoms with Gasteiger partial charge in [0, 0.05) is 19.6 Å². The van der Waals surface area contributed by atoms with Crippen molar-refractivity contribution in [2.75, 3.05) is 26.3 Å². The molecule has 1 N–H and O–H groups in total. The maximum Gasteiger partial charge on any atom is 0.0834 e. The van der Waals surface area contributed by atoms with Gasteiger partial charge in [-0.15, -0.1) is 0 Å². The quantitative estimate of drug-likeness (QED) is 0.734. The van der Waals surface area contributed by atoms with Gasteiger partial charge in [0.05, 0.1) is 13.2 Å². The Morgan fingerprint density at radius 2 is 1.87 bits per heavy atom. The molecule has 83 valence electrons. The summed E-state index contributed by atoms with van der Waals surface area (Å²) in [5, 5.41) is 19.3. The van der Waals surface area contributed by atoms with Crippen LogP contribution < -0.4 is 0 Å². The third-order valence-corrected chi connectivity index (χ3v) is 2.28. The molecule has 0 aliphatic rings. The van der Waals surface area contributed by atoms with E-state index in [0.29, 0.717) is 13.0 Å². The lowest BCUT2D eigenvalue weighted by atomic mass is 10.2. The summed E-state index contributed by atoms with van der Waals surface area (Å²) in [7, 11) is 0. The minimum absolute atomic E-state index is 0.0449. The van der Waals surface area contributed by atoms with Crippen LogP contribution in [0.5, 0.6) is 0 Å².